The summed E-state index contributed by atoms with van der Waals surface area (Å²) in [5.74, 6) is -0.840. The number of hydrogen-bond donors (Lipinski definition) is 2. The SMILES string of the molecule is CCCCCNc1cncc(C(=O)Nc2ccccc2F)c1. The number of pyridine rings is 1. The monoisotopic (exact) mass is 301 g/mol. The smallest absolute Gasteiger partial charge is 0.257 e. The molecule has 0 spiro atoms. The lowest BCUT2D eigenvalue weighted by molar-refractivity contribution is 0.102. The molecule has 0 aliphatic rings. The van der Waals surface area contributed by atoms with Crippen molar-refractivity contribution in [2.45, 2.75) is 26.2 Å². The molecule has 1 aromatic carbocycles. The molecule has 1 amide bonds. The summed E-state index contributed by atoms with van der Waals surface area (Å²) in [5.41, 5.74) is 1.34. The minimum atomic E-state index is -0.461. The maximum absolute atomic E-state index is 13.5. The molecule has 0 bridgehead atoms. The first kappa shape index (κ1) is 15.9. The summed E-state index contributed by atoms with van der Waals surface area (Å²) in [6, 6.07) is 7.79. The van der Waals surface area contributed by atoms with Gasteiger partial charge in [0.2, 0.25) is 0 Å². The molecular formula is C17H20FN3O. The Morgan fingerprint density at radius 1 is 1.23 bits per heavy atom. The number of aromatic nitrogens is 1. The zero-order chi connectivity index (χ0) is 15.8. The van der Waals surface area contributed by atoms with Crippen molar-refractivity contribution in [2.24, 2.45) is 0 Å². The van der Waals surface area contributed by atoms with Crippen molar-refractivity contribution in [1.29, 1.82) is 0 Å². The second-order valence-corrected chi connectivity index (χ2v) is 5.03. The highest BCUT2D eigenvalue weighted by atomic mass is 19.1. The van der Waals surface area contributed by atoms with Gasteiger partial charge >= 0.3 is 0 Å². The molecule has 116 valence electrons. The van der Waals surface area contributed by atoms with Crippen LogP contribution in [-0.2, 0) is 0 Å². The van der Waals surface area contributed by atoms with Crippen molar-refractivity contribution >= 4 is 17.3 Å². The van der Waals surface area contributed by atoms with E-state index < -0.39 is 5.82 Å². The highest BCUT2D eigenvalue weighted by molar-refractivity contribution is 6.04. The van der Waals surface area contributed by atoms with Gasteiger partial charge in [-0.1, -0.05) is 31.9 Å². The number of halogens is 1. The van der Waals surface area contributed by atoms with Gasteiger partial charge in [-0.25, -0.2) is 4.39 Å². The van der Waals surface area contributed by atoms with Crippen LogP contribution in [0.1, 0.15) is 36.5 Å². The van der Waals surface area contributed by atoms with E-state index in [-0.39, 0.29) is 11.6 Å². The molecule has 0 unspecified atom stereocenters. The normalized spacial score (nSPS) is 10.3. The average Bonchev–Trinajstić information content (AvgIpc) is 2.54. The molecule has 0 aliphatic carbocycles. The van der Waals surface area contributed by atoms with E-state index >= 15 is 0 Å². The summed E-state index contributed by atoms with van der Waals surface area (Å²) in [5, 5.41) is 5.78. The largest absolute Gasteiger partial charge is 0.384 e. The number of unbranched alkanes of at least 4 members (excludes halogenated alkanes) is 2. The van der Waals surface area contributed by atoms with Crippen molar-refractivity contribution in [3.05, 3.63) is 54.1 Å². The molecule has 1 heterocycles. The Hall–Kier alpha value is -2.43. The Bertz CT molecular complexity index is 631. The Kier molecular flexibility index (Phi) is 5.89. The van der Waals surface area contributed by atoms with Crippen LogP contribution in [0.4, 0.5) is 15.8 Å². The van der Waals surface area contributed by atoms with Crippen molar-refractivity contribution in [2.75, 3.05) is 17.2 Å². The van der Waals surface area contributed by atoms with Gasteiger partial charge in [0.05, 0.1) is 16.9 Å². The standard InChI is InChI=1S/C17H20FN3O/c1-2-3-6-9-20-14-10-13(11-19-12-14)17(22)21-16-8-5-4-7-15(16)18/h4-5,7-8,10-12,20H,2-3,6,9H2,1H3,(H,21,22). The first-order chi connectivity index (χ1) is 10.7. The molecule has 0 saturated heterocycles. The third kappa shape index (κ3) is 4.55. The zero-order valence-corrected chi connectivity index (χ0v) is 12.6. The predicted molar refractivity (Wildman–Crippen MR) is 86.6 cm³/mol. The lowest BCUT2D eigenvalue weighted by atomic mass is 10.2. The summed E-state index contributed by atoms with van der Waals surface area (Å²) in [6.45, 7) is 2.99. The molecular weight excluding hydrogens is 281 g/mol. The van der Waals surface area contributed by atoms with E-state index in [0.717, 1.165) is 31.5 Å². The number of nitrogens with one attached hydrogen (secondary N) is 2. The fourth-order valence-electron chi connectivity index (χ4n) is 2.03. The molecule has 4 nitrogen and oxygen atoms in total. The summed E-state index contributed by atoms with van der Waals surface area (Å²) < 4.78 is 13.5. The average molecular weight is 301 g/mol. The van der Waals surface area contributed by atoms with Gasteiger partial charge in [0.25, 0.3) is 5.91 Å². The van der Waals surface area contributed by atoms with Crippen LogP contribution in [0.25, 0.3) is 0 Å². The Morgan fingerprint density at radius 2 is 2.05 bits per heavy atom. The van der Waals surface area contributed by atoms with Gasteiger partial charge in [0.1, 0.15) is 5.82 Å². The molecule has 22 heavy (non-hydrogen) atoms. The number of nitrogens with zero attached hydrogens (tertiary/aromatic N) is 1. The third-order valence-corrected chi connectivity index (χ3v) is 3.23. The van der Waals surface area contributed by atoms with Gasteiger partial charge in [0, 0.05) is 18.9 Å². The first-order valence-electron chi connectivity index (χ1n) is 7.45. The first-order valence-corrected chi connectivity index (χ1v) is 7.45. The highest BCUT2D eigenvalue weighted by Crippen LogP contribution is 2.15. The van der Waals surface area contributed by atoms with Crippen LogP contribution < -0.4 is 10.6 Å². The van der Waals surface area contributed by atoms with Crippen LogP contribution >= 0.6 is 0 Å². The van der Waals surface area contributed by atoms with Crippen molar-refractivity contribution < 1.29 is 9.18 Å². The maximum Gasteiger partial charge on any atom is 0.257 e. The molecule has 0 aliphatic heterocycles. The lowest BCUT2D eigenvalue weighted by Crippen LogP contribution is -2.14. The van der Waals surface area contributed by atoms with Crippen LogP contribution in [0, 0.1) is 5.82 Å². The second kappa shape index (κ2) is 8.12. The second-order valence-electron chi connectivity index (χ2n) is 5.03. The number of anilines is 2. The van der Waals surface area contributed by atoms with E-state index in [1.165, 1.54) is 18.3 Å². The van der Waals surface area contributed by atoms with Gasteiger partial charge in [-0.05, 0) is 24.6 Å². The highest BCUT2D eigenvalue weighted by Gasteiger charge is 2.09. The van der Waals surface area contributed by atoms with Gasteiger partial charge in [0.15, 0.2) is 0 Å². The Morgan fingerprint density at radius 3 is 2.82 bits per heavy atom. The molecule has 0 atom stereocenters. The van der Waals surface area contributed by atoms with E-state index in [1.54, 1.807) is 24.4 Å². The summed E-state index contributed by atoms with van der Waals surface area (Å²) in [7, 11) is 0. The quantitative estimate of drug-likeness (QED) is 0.758. The van der Waals surface area contributed by atoms with Crippen molar-refractivity contribution in [3.8, 4) is 0 Å². The third-order valence-electron chi connectivity index (χ3n) is 3.23. The number of amides is 1. The number of hydrogen-bond acceptors (Lipinski definition) is 3. The molecule has 2 aromatic rings. The van der Waals surface area contributed by atoms with Crippen LogP contribution in [-0.4, -0.2) is 17.4 Å². The molecule has 2 rings (SSSR count). The summed E-state index contributed by atoms with van der Waals surface area (Å²) in [4.78, 5) is 16.2. The van der Waals surface area contributed by atoms with Crippen LogP contribution in [0.15, 0.2) is 42.7 Å². The van der Waals surface area contributed by atoms with E-state index in [9.17, 15) is 9.18 Å². The van der Waals surface area contributed by atoms with Gasteiger partial charge in [-0.3, -0.25) is 9.78 Å². The van der Waals surface area contributed by atoms with Gasteiger partial charge in [-0.15, -0.1) is 0 Å². The number of para-hydroxylation sites is 1. The summed E-state index contributed by atoms with van der Waals surface area (Å²) in [6.07, 6.45) is 6.53. The minimum Gasteiger partial charge on any atom is -0.384 e. The minimum absolute atomic E-state index is 0.161. The van der Waals surface area contributed by atoms with Crippen LogP contribution in [0.3, 0.4) is 0 Å². The van der Waals surface area contributed by atoms with Crippen molar-refractivity contribution in [3.63, 3.8) is 0 Å². The molecule has 0 saturated carbocycles. The van der Waals surface area contributed by atoms with E-state index in [4.69, 9.17) is 0 Å². The fourth-order valence-corrected chi connectivity index (χ4v) is 2.03. The van der Waals surface area contributed by atoms with E-state index in [2.05, 4.69) is 22.5 Å². The number of rotatable bonds is 7. The molecule has 0 fully saturated rings. The molecule has 1 aromatic heterocycles. The molecule has 0 radical (unpaired) electrons. The zero-order valence-electron chi connectivity index (χ0n) is 12.6. The van der Waals surface area contributed by atoms with Crippen molar-refractivity contribution in [1.82, 2.24) is 4.98 Å². The van der Waals surface area contributed by atoms with Crippen LogP contribution in [0.5, 0.6) is 0 Å². The number of carbonyl (C=O) groups excluding carboxylic acids is 1. The van der Waals surface area contributed by atoms with E-state index in [1.807, 2.05) is 0 Å². The molecule has 5 heteroatoms. The van der Waals surface area contributed by atoms with Crippen LogP contribution in [0.2, 0.25) is 0 Å². The number of carbonyl (C=O) groups is 1. The van der Waals surface area contributed by atoms with Gasteiger partial charge < -0.3 is 10.6 Å². The summed E-state index contributed by atoms with van der Waals surface area (Å²) >= 11 is 0. The fraction of sp³-hybridized carbons (Fsp3) is 0.294. The lowest BCUT2D eigenvalue weighted by Gasteiger charge is -2.09. The molecule has 2 N–H and O–H groups in total. The van der Waals surface area contributed by atoms with Gasteiger partial charge in [-0.2, -0.15) is 0 Å². The Balaban J connectivity index is 1.99. The predicted octanol–water partition coefficient (Wildman–Crippen LogP) is 4.08. The number of benzene rings is 1. The topological polar surface area (TPSA) is 54.0 Å². The maximum atomic E-state index is 13.5. The Labute approximate surface area is 129 Å². The van der Waals surface area contributed by atoms with E-state index in [0.29, 0.717) is 5.56 Å².